The van der Waals surface area contributed by atoms with E-state index in [0.717, 1.165) is 24.4 Å². The van der Waals surface area contributed by atoms with Crippen LogP contribution in [-0.2, 0) is 26.7 Å². The Morgan fingerprint density at radius 2 is 2.04 bits per heavy atom. The maximum Gasteiger partial charge on any atom is 0.251 e. The standard InChI is InChI=1S/C19H23N5OS2/c1-20-18(25)15-8-6-14(7-9-15)12-22(2)13-24-19(26)23(3)17(21-24)11-16-5-4-10-27-16/h4-10H,11-13H2,1-3H3,(H,20,25). The van der Waals surface area contributed by atoms with Crippen molar-refractivity contribution >= 4 is 29.5 Å². The quantitative estimate of drug-likeness (QED) is 0.618. The summed E-state index contributed by atoms with van der Waals surface area (Å²) < 4.78 is 4.54. The van der Waals surface area contributed by atoms with Gasteiger partial charge in [0.25, 0.3) is 5.91 Å². The van der Waals surface area contributed by atoms with E-state index in [2.05, 4.69) is 27.7 Å². The molecule has 142 valence electrons. The Hall–Kier alpha value is -2.29. The summed E-state index contributed by atoms with van der Waals surface area (Å²) in [5.41, 5.74) is 1.79. The lowest BCUT2D eigenvalue weighted by atomic mass is 10.1. The summed E-state index contributed by atoms with van der Waals surface area (Å²) in [4.78, 5) is 15.0. The summed E-state index contributed by atoms with van der Waals surface area (Å²) >= 11 is 7.27. The fourth-order valence-corrected chi connectivity index (χ4v) is 3.75. The average molecular weight is 402 g/mol. The number of carbonyl (C=O) groups excluding carboxylic acids is 1. The molecular formula is C19H23N5OS2. The van der Waals surface area contributed by atoms with Crippen LogP contribution in [0, 0.1) is 4.77 Å². The molecule has 0 aliphatic rings. The Balaban J connectivity index is 1.66. The predicted octanol–water partition coefficient (Wildman–Crippen LogP) is 3.05. The highest BCUT2D eigenvalue weighted by molar-refractivity contribution is 7.71. The zero-order valence-corrected chi connectivity index (χ0v) is 17.3. The largest absolute Gasteiger partial charge is 0.355 e. The molecular weight excluding hydrogens is 378 g/mol. The van der Waals surface area contributed by atoms with Crippen LogP contribution in [0.2, 0.25) is 0 Å². The number of carbonyl (C=O) groups is 1. The Morgan fingerprint density at radius 3 is 2.67 bits per heavy atom. The Morgan fingerprint density at radius 1 is 1.30 bits per heavy atom. The number of nitrogens with zero attached hydrogens (tertiary/aromatic N) is 4. The van der Waals surface area contributed by atoms with Crippen molar-refractivity contribution < 1.29 is 4.79 Å². The molecule has 0 aliphatic heterocycles. The van der Waals surface area contributed by atoms with Gasteiger partial charge < -0.3 is 9.88 Å². The van der Waals surface area contributed by atoms with Crippen molar-refractivity contribution in [1.29, 1.82) is 0 Å². The van der Waals surface area contributed by atoms with E-state index < -0.39 is 0 Å². The third kappa shape index (κ3) is 4.71. The minimum Gasteiger partial charge on any atom is -0.355 e. The number of amides is 1. The van der Waals surface area contributed by atoms with Crippen LogP contribution in [-0.4, -0.2) is 39.3 Å². The van der Waals surface area contributed by atoms with Gasteiger partial charge in [0.05, 0.1) is 6.67 Å². The van der Waals surface area contributed by atoms with Gasteiger partial charge in [0.1, 0.15) is 5.82 Å². The number of rotatable bonds is 7. The Bertz CT molecular complexity index is 957. The van der Waals surface area contributed by atoms with E-state index in [-0.39, 0.29) is 5.91 Å². The number of hydrogen-bond acceptors (Lipinski definition) is 5. The van der Waals surface area contributed by atoms with E-state index in [1.807, 2.05) is 47.6 Å². The summed E-state index contributed by atoms with van der Waals surface area (Å²) in [6.07, 6.45) is 0.787. The molecule has 0 radical (unpaired) electrons. The third-order valence-corrected chi connectivity index (χ3v) is 5.68. The second-order valence-corrected chi connectivity index (χ2v) is 7.84. The molecule has 1 N–H and O–H groups in total. The molecule has 2 heterocycles. The lowest BCUT2D eigenvalue weighted by Crippen LogP contribution is -2.23. The van der Waals surface area contributed by atoms with Crippen molar-refractivity contribution in [2.75, 3.05) is 14.1 Å². The summed E-state index contributed by atoms with van der Waals surface area (Å²) in [7, 11) is 5.63. The van der Waals surface area contributed by atoms with Gasteiger partial charge in [-0.1, -0.05) is 18.2 Å². The fourth-order valence-electron chi connectivity index (χ4n) is 2.84. The van der Waals surface area contributed by atoms with Crippen molar-refractivity contribution in [3.05, 3.63) is 68.4 Å². The number of thiophene rings is 1. The molecule has 1 aromatic carbocycles. The van der Waals surface area contributed by atoms with Gasteiger partial charge in [0, 0.05) is 37.5 Å². The van der Waals surface area contributed by atoms with Gasteiger partial charge >= 0.3 is 0 Å². The first kappa shape index (κ1) is 19.5. The molecule has 0 saturated heterocycles. The van der Waals surface area contributed by atoms with Crippen molar-refractivity contribution in [2.45, 2.75) is 19.6 Å². The highest BCUT2D eigenvalue weighted by atomic mass is 32.1. The smallest absolute Gasteiger partial charge is 0.251 e. The normalized spacial score (nSPS) is 11.1. The van der Waals surface area contributed by atoms with E-state index in [9.17, 15) is 4.79 Å². The third-order valence-electron chi connectivity index (χ3n) is 4.31. The lowest BCUT2D eigenvalue weighted by molar-refractivity contribution is 0.0963. The number of benzene rings is 1. The summed E-state index contributed by atoms with van der Waals surface area (Å²) in [6, 6.07) is 11.8. The highest BCUT2D eigenvalue weighted by Gasteiger charge is 2.11. The highest BCUT2D eigenvalue weighted by Crippen LogP contribution is 2.14. The second-order valence-electron chi connectivity index (χ2n) is 6.45. The fraction of sp³-hybridized carbons (Fsp3) is 0.316. The van der Waals surface area contributed by atoms with Gasteiger partial charge in [0.15, 0.2) is 4.77 Å². The molecule has 8 heteroatoms. The molecule has 0 aliphatic carbocycles. The lowest BCUT2D eigenvalue weighted by Gasteiger charge is -2.16. The zero-order chi connectivity index (χ0) is 19.4. The molecule has 0 unspecified atom stereocenters. The molecule has 0 spiro atoms. The molecule has 27 heavy (non-hydrogen) atoms. The van der Waals surface area contributed by atoms with Crippen LogP contribution in [0.1, 0.15) is 26.6 Å². The van der Waals surface area contributed by atoms with Crippen molar-refractivity contribution in [3.63, 3.8) is 0 Å². The van der Waals surface area contributed by atoms with Crippen LogP contribution in [0.25, 0.3) is 0 Å². The van der Waals surface area contributed by atoms with E-state index in [1.165, 1.54) is 4.88 Å². The molecule has 3 aromatic rings. The van der Waals surface area contributed by atoms with Gasteiger partial charge in [-0.3, -0.25) is 9.69 Å². The molecule has 1 amide bonds. The van der Waals surface area contributed by atoms with Crippen LogP contribution in [0.3, 0.4) is 0 Å². The molecule has 6 nitrogen and oxygen atoms in total. The van der Waals surface area contributed by atoms with Gasteiger partial charge in [0.2, 0.25) is 0 Å². The van der Waals surface area contributed by atoms with E-state index in [4.69, 9.17) is 17.3 Å². The zero-order valence-electron chi connectivity index (χ0n) is 15.7. The van der Waals surface area contributed by atoms with Crippen molar-refractivity contribution in [2.24, 2.45) is 7.05 Å². The maximum atomic E-state index is 11.6. The average Bonchev–Trinajstić information content (AvgIpc) is 3.26. The van der Waals surface area contributed by atoms with Crippen LogP contribution in [0.4, 0.5) is 0 Å². The Kier molecular flexibility index (Phi) is 6.20. The van der Waals surface area contributed by atoms with Crippen molar-refractivity contribution in [1.82, 2.24) is 24.6 Å². The number of nitrogens with one attached hydrogen (secondary N) is 1. The van der Waals surface area contributed by atoms with Crippen LogP contribution in [0.15, 0.2) is 41.8 Å². The monoisotopic (exact) mass is 401 g/mol. The summed E-state index contributed by atoms with van der Waals surface area (Å²) in [6.45, 7) is 1.35. The molecule has 0 fully saturated rings. The molecule has 0 bridgehead atoms. The summed E-state index contributed by atoms with van der Waals surface area (Å²) in [5, 5.41) is 9.40. The van der Waals surface area contributed by atoms with Gasteiger partial charge in [-0.25, -0.2) is 4.68 Å². The topological polar surface area (TPSA) is 55.1 Å². The molecule has 0 atom stereocenters. The first-order valence-corrected chi connectivity index (χ1v) is 9.91. The van der Waals surface area contributed by atoms with Crippen LogP contribution in [0.5, 0.6) is 0 Å². The summed E-state index contributed by atoms with van der Waals surface area (Å²) in [5.74, 6) is 0.888. The maximum absolute atomic E-state index is 11.6. The molecule has 0 saturated carbocycles. The number of aromatic nitrogens is 3. The van der Waals surface area contributed by atoms with E-state index in [0.29, 0.717) is 17.0 Å². The van der Waals surface area contributed by atoms with Gasteiger partial charge in [-0.05, 0) is 48.4 Å². The molecule has 2 aromatic heterocycles. The minimum absolute atomic E-state index is 0.0760. The van der Waals surface area contributed by atoms with Crippen LogP contribution >= 0.6 is 23.6 Å². The van der Waals surface area contributed by atoms with Crippen LogP contribution < -0.4 is 5.32 Å². The first-order chi connectivity index (χ1) is 13.0. The second kappa shape index (κ2) is 8.60. The van der Waals surface area contributed by atoms with Gasteiger partial charge in [-0.15, -0.1) is 11.3 Å². The minimum atomic E-state index is -0.0760. The first-order valence-electron chi connectivity index (χ1n) is 8.62. The van der Waals surface area contributed by atoms with E-state index >= 15 is 0 Å². The van der Waals surface area contributed by atoms with Crippen molar-refractivity contribution in [3.8, 4) is 0 Å². The predicted molar refractivity (Wildman–Crippen MR) is 110 cm³/mol. The number of hydrogen-bond donors (Lipinski definition) is 1. The Labute approximate surface area is 168 Å². The SMILES string of the molecule is CNC(=O)c1ccc(CN(C)Cn2nc(Cc3cccs3)n(C)c2=S)cc1. The molecule has 3 rings (SSSR count). The van der Waals surface area contributed by atoms with Gasteiger partial charge in [-0.2, -0.15) is 5.10 Å². The van der Waals surface area contributed by atoms with E-state index in [1.54, 1.807) is 18.4 Å².